The molecule has 122 valence electrons. The third-order valence-corrected chi connectivity index (χ3v) is 5.02. The SMILES string of the molecule is CC1CCN(C2CCC(NC(=O)N[C@@H](C)CO)CC2)CC1. The van der Waals surface area contributed by atoms with Crippen LogP contribution in [0.5, 0.6) is 0 Å². The highest BCUT2D eigenvalue weighted by Crippen LogP contribution is 2.27. The van der Waals surface area contributed by atoms with Gasteiger partial charge in [-0.1, -0.05) is 6.92 Å². The zero-order valence-electron chi connectivity index (χ0n) is 13.5. The normalized spacial score (nSPS) is 29.9. The second kappa shape index (κ2) is 7.99. The van der Waals surface area contributed by atoms with Gasteiger partial charge in [-0.2, -0.15) is 0 Å². The second-order valence-corrected chi connectivity index (χ2v) is 6.93. The summed E-state index contributed by atoms with van der Waals surface area (Å²) in [5, 5.41) is 14.7. The Balaban J connectivity index is 1.67. The van der Waals surface area contributed by atoms with Crippen LogP contribution in [0.1, 0.15) is 52.4 Å². The van der Waals surface area contributed by atoms with Crippen molar-refractivity contribution in [2.24, 2.45) is 5.92 Å². The monoisotopic (exact) mass is 297 g/mol. The number of nitrogens with zero attached hydrogens (tertiary/aromatic N) is 1. The fraction of sp³-hybridized carbons (Fsp3) is 0.938. The van der Waals surface area contributed by atoms with Gasteiger partial charge in [0.05, 0.1) is 12.6 Å². The van der Waals surface area contributed by atoms with Gasteiger partial charge in [-0.05, 0) is 64.5 Å². The number of likely N-dealkylation sites (tertiary alicyclic amines) is 1. The molecule has 21 heavy (non-hydrogen) atoms. The fourth-order valence-corrected chi connectivity index (χ4v) is 3.48. The van der Waals surface area contributed by atoms with E-state index in [1.807, 2.05) is 0 Å². The average molecular weight is 297 g/mol. The van der Waals surface area contributed by atoms with Crippen LogP contribution in [0.25, 0.3) is 0 Å². The van der Waals surface area contributed by atoms with Crippen LogP contribution in [0.2, 0.25) is 0 Å². The van der Waals surface area contributed by atoms with Crippen molar-refractivity contribution in [3.8, 4) is 0 Å². The van der Waals surface area contributed by atoms with Crippen molar-refractivity contribution in [2.45, 2.75) is 70.5 Å². The van der Waals surface area contributed by atoms with Gasteiger partial charge in [0, 0.05) is 12.1 Å². The zero-order chi connectivity index (χ0) is 15.2. The summed E-state index contributed by atoms with van der Waals surface area (Å²) in [5.41, 5.74) is 0. The van der Waals surface area contributed by atoms with Gasteiger partial charge in [0.1, 0.15) is 0 Å². The summed E-state index contributed by atoms with van der Waals surface area (Å²) in [4.78, 5) is 14.4. The average Bonchev–Trinajstić information content (AvgIpc) is 2.48. The van der Waals surface area contributed by atoms with E-state index in [-0.39, 0.29) is 24.7 Å². The second-order valence-electron chi connectivity index (χ2n) is 6.93. The van der Waals surface area contributed by atoms with E-state index >= 15 is 0 Å². The van der Waals surface area contributed by atoms with E-state index in [1.54, 1.807) is 6.92 Å². The molecule has 2 aliphatic rings. The van der Waals surface area contributed by atoms with Crippen LogP contribution in [-0.4, -0.2) is 53.9 Å². The molecule has 1 aliphatic heterocycles. The van der Waals surface area contributed by atoms with Crippen molar-refractivity contribution in [1.29, 1.82) is 0 Å². The van der Waals surface area contributed by atoms with E-state index in [9.17, 15) is 4.79 Å². The number of hydrogen-bond acceptors (Lipinski definition) is 3. The number of aliphatic hydroxyl groups is 1. The summed E-state index contributed by atoms with van der Waals surface area (Å²) in [6.07, 6.45) is 7.18. The maximum atomic E-state index is 11.8. The summed E-state index contributed by atoms with van der Waals surface area (Å²) < 4.78 is 0. The Morgan fingerprint density at radius 2 is 1.81 bits per heavy atom. The van der Waals surface area contributed by atoms with Crippen LogP contribution in [0.3, 0.4) is 0 Å². The molecule has 0 aromatic heterocycles. The third-order valence-electron chi connectivity index (χ3n) is 5.02. The van der Waals surface area contributed by atoms with Gasteiger partial charge in [0.2, 0.25) is 0 Å². The molecule has 0 radical (unpaired) electrons. The number of rotatable bonds is 4. The summed E-state index contributed by atoms with van der Waals surface area (Å²) >= 11 is 0. The van der Waals surface area contributed by atoms with Gasteiger partial charge >= 0.3 is 6.03 Å². The Labute approximate surface area is 128 Å². The molecule has 2 rings (SSSR count). The van der Waals surface area contributed by atoms with Crippen molar-refractivity contribution in [1.82, 2.24) is 15.5 Å². The molecule has 0 aromatic rings. The number of hydrogen-bond donors (Lipinski definition) is 3. The van der Waals surface area contributed by atoms with Crippen molar-refractivity contribution in [2.75, 3.05) is 19.7 Å². The van der Waals surface area contributed by atoms with Crippen LogP contribution in [0.4, 0.5) is 4.79 Å². The Morgan fingerprint density at radius 3 is 2.38 bits per heavy atom. The molecule has 1 atom stereocenters. The molecular weight excluding hydrogens is 266 g/mol. The number of amides is 2. The highest BCUT2D eigenvalue weighted by atomic mass is 16.3. The minimum Gasteiger partial charge on any atom is -0.394 e. The van der Waals surface area contributed by atoms with E-state index in [0.717, 1.165) is 24.8 Å². The molecule has 1 saturated carbocycles. The molecule has 1 heterocycles. The van der Waals surface area contributed by atoms with E-state index in [1.165, 1.54) is 38.8 Å². The zero-order valence-corrected chi connectivity index (χ0v) is 13.5. The van der Waals surface area contributed by atoms with Crippen molar-refractivity contribution in [3.63, 3.8) is 0 Å². The van der Waals surface area contributed by atoms with Gasteiger partial charge in [0.15, 0.2) is 0 Å². The number of carbonyl (C=O) groups excluding carboxylic acids is 1. The van der Waals surface area contributed by atoms with Gasteiger partial charge in [-0.3, -0.25) is 0 Å². The summed E-state index contributed by atoms with van der Waals surface area (Å²) in [6.45, 7) is 6.63. The largest absolute Gasteiger partial charge is 0.394 e. The van der Waals surface area contributed by atoms with Crippen molar-refractivity contribution in [3.05, 3.63) is 0 Å². The first-order chi connectivity index (χ1) is 10.1. The standard InChI is InChI=1S/C16H31N3O2/c1-12-7-9-19(10-8-12)15-5-3-14(4-6-15)18-16(21)17-13(2)11-20/h12-15,20H,3-11H2,1-2H3,(H2,17,18,21)/t13-,14?,15?/m0/s1. The molecule has 5 nitrogen and oxygen atoms in total. The Kier molecular flexibility index (Phi) is 6.30. The molecule has 2 fully saturated rings. The highest BCUT2D eigenvalue weighted by Gasteiger charge is 2.28. The molecule has 3 N–H and O–H groups in total. The van der Waals surface area contributed by atoms with Gasteiger partial charge < -0.3 is 20.6 Å². The minimum atomic E-state index is -0.184. The van der Waals surface area contributed by atoms with Gasteiger partial charge in [0.25, 0.3) is 0 Å². The number of aliphatic hydroxyl groups excluding tert-OH is 1. The molecule has 1 saturated heterocycles. The quantitative estimate of drug-likeness (QED) is 0.740. The Hall–Kier alpha value is -0.810. The van der Waals surface area contributed by atoms with E-state index in [2.05, 4.69) is 22.5 Å². The van der Waals surface area contributed by atoms with E-state index in [0.29, 0.717) is 0 Å². The molecule has 0 spiro atoms. The van der Waals surface area contributed by atoms with Gasteiger partial charge in [-0.15, -0.1) is 0 Å². The first kappa shape index (κ1) is 16.6. The number of nitrogens with one attached hydrogen (secondary N) is 2. The number of carbonyl (C=O) groups is 1. The molecule has 0 bridgehead atoms. The van der Waals surface area contributed by atoms with Crippen LogP contribution < -0.4 is 10.6 Å². The molecule has 5 heteroatoms. The lowest BCUT2D eigenvalue weighted by molar-refractivity contribution is 0.104. The van der Waals surface area contributed by atoms with E-state index in [4.69, 9.17) is 5.11 Å². The lowest BCUT2D eigenvalue weighted by Crippen LogP contribution is -2.50. The summed E-state index contributed by atoms with van der Waals surface area (Å²) in [5.74, 6) is 0.886. The Bertz CT molecular complexity index is 321. The number of piperidine rings is 1. The summed E-state index contributed by atoms with van der Waals surface area (Å²) in [7, 11) is 0. The third kappa shape index (κ3) is 5.15. The van der Waals surface area contributed by atoms with Crippen LogP contribution in [0.15, 0.2) is 0 Å². The van der Waals surface area contributed by atoms with E-state index < -0.39 is 0 Å². The predicted octanol–water partition coefficient (Wildman–Crippen LogP) is 1.71. The van der Waals surface area contributed by atoms with Crippen molar-refractivity contribution < 1.29 is 9.90 Å². The van der Waals surface area contributed by atoms with Crippen LogP contribution >= 0.6 is 0 Å². The molecule has 0 aromatic carbocycles. The number of urea groups is 1. The topological polar surface area (TPSA) is 64.6 Å². The molecule has 2 amide bonds. The molecule has 1 aliphatic carbocycles. The lowest BCUT2D eigenvalue weighted by Gasteiger charge is -2.40. The van der Waals surface area contributed by atoms with Crippen LogP contribution in [-0.2, 0) is 0 Å². The smallest absolute Gasteiger partial charge is 0.315 e. The first-order valence-corrected chi connectivity index (χ1v) is 8.50. The molecular formula is C16H31N3O2. The molecule has 0 unspecified atom stereocenters. The lowest BCUT2D eigenvalue weighted by atomic mass is 9.88. The fourth-order valence-electron chi connectivity index (χ4n) is 3.48. The maximum Gasteiger partial charge on any atom is 0.315 e. The minimum absolute atomic E-state index is 0.0203. The predicted molar refractivity (Wildman–Crippen MR) is 84.2 cm³/mol. The summed E-state index contributed by atoms with van der Waals surface area (Å²) in [6, 6.07) is 0.675. The van der Waals surface area contributed by atoms with Gasteiger partial charge in [-0.25, -0.2) is 4.79 Å². The maximum absolute atomic E-state index is 11.8. The Morgan fingerprint density at radius 1 is 1.19 bits per heavy atom. The first-order valence-electron chi connectivity index (χ1n) is 8.50. The van der Waals surface area contributed by atoms with Crippen LogP contribution in [0, 0.1) is 5.92 Å². The van der Waals surface area contributed by atoms with Crippen molar-refractivity contribution >= 4 is 6.03 Å². The highest BCUT2D eigenvalue weighted by molar-refractivity contribution is 5.74.